The molecule has 27 heavy (non-hydrogen) atoms. The number of nitrogens with zero attached hydrogens (tertiary/aromatic N) is 3. The number of hydrogen-bond donors (Lipinski definition) is 0. The lowest BCUT2D eigenvalue weighted by Gasteiger charge is -2.25. The number of hydrogen-bond acceptors (Lipinski definition) is 3. The number of pyridine rings is 1. The zero-order valence-electron chi connectivity index (χ0n) is 15.9. The van der Waals surface area contributed by atoms with Crippen LogP contribution in [-0.2, 0) is 16.0 Å². The van der Waals surface area contributed by atoms with E-state index in [0.717, 1.165) is 30.5 Å². The standard InChI is InChI=1S/C22H27N3O2/c1-18(20-6-3-2-4-7-20)22(27)25-15-5-14-24(16-17-25)21(26)9-8-19-10-12-23-13-11-19/h2-4,6-7,10-13,18H,5,8-9,14-17H2,1H3. The Morgan fingerprint density at radius 1 is 0.963 bits per heavy atom. The highest BCUT2D eigenvalue weighted by Gasteiger charge is 2.25. The van der Waals surface area contributed by atoms with E-state index >= 15 is 0 Å². The van der Waals surface area contributed by atoms with Crippen molar-refractivity contribution in [1.29, 1.82) is 0 Å². The molecule has 3 rings (SSSR count). The molecule has 1 aliphatic heterocycles. The van der Waals surface area contributed by atoms with Gasteiger partial charge in [-0.3, -0.25) is 14.6 Å². The Morgan fingerprint density at radius 2 is 1.63 bits per heavy atom. The molecule has 1 saturated heterocycles. The molecule has 0 saturated carbocycles. The molecular formula is C22H27N3O2. The maximum Gasteiger partial charge on any atom is 0.229 e. The summed E-state index contributed by atoms with van der Waals surface area (Å²) in [7, 11) is 0. The average Bonchev–Trinajstić information content (AvgIpc) is 2.98. The van der Waals surface area contributed by atoms with Crippen LogP contribution in [0, 0.1) is 0 Å². The van der Waals surface area contributed by atoms with Gasteiger partial charge in [-0.1, -0.05) is 30.3 Å². The van der Waals surface area contributed by atoms with Gasteiger partial charge in [-0.2, -0.15) is 0 Å². The topological polar surface area (TPSA) is 53.5 Å². The number of aryl methyl sites for hydroxylation is 1. The zero-order chi connectivity index (χ0) is 19.1. The Kier molecular flexibility index (Phi) is 6.58. The first-order valence-corrected chi connectivity index (χ1v) is 9.65. The fourth-order valence-electron chi connectivity index (χ4n) is 3.50. The smallest absolute Gasteiger partial charge is 0.229 e. The molecule has 5 heteroatoms. The lowest BCUT2D eigenvalue weighted by molar-refractivity contribution is -0.134. The molecule has 0 radical (unpaired) electrons. The van der Waals surface area contributed by atoms with E-state index in [0.29, 0.717) is 26.1 Å². The lowest BCUT2D eigenvalue weighted by Crippen LogP contribution is -2.39. The fraction of sp³-hybridized carbons (Fsp3) is 0.409. The van der Waals surface area contributed by atoms with Crippen LogP contribution in [0.5, 0.6) is 0 Å². The van der Waals surface area contributed by atoms with Gasteiger partial charge in [0.1, 0.15) is 0 Å². The molecule has 1 unspecified atom stereocenters. The summed E-state index contributed by atoms with van der Waals surface area (Å²) < 4.78 is 0. The van der Waals surface area contributed by atoms with E-state index in [1.807, 2.05) is 59.2 Å². The highest BCUT2D eigenvalue weighted by molar-refractivity contribution is 5.83. The molecule has 1 aromatic heterocycles. The van der Waals surface area contributed by atoms with Gasteiger partial charge in [0, 0.05) is 45.0 Å². The van der Waals surface area contributed by atoms with E-state index < -0.39 is 0 Å². The molecule has 2 amide bonds. The fourth-order valence-corrected chi connectivity index (χ4v) is 3.50. The molecule has 0 N–H and O–H groups in total. The van der Waals surface area contributed by atoms with Crippen molar-refractivity contribution < 1.29 is 9.59 Å². The van der Waals surface area contributed by atoms with Crippen LogP contribution in [0.3, 0.4) is 0 Å². The van der Waals surface area contributed by atoms with E-state index in [-0.39, 0.29) is 17.7 Å². The summed E-state index contributed by atoms with van der Waals surface area (Å²) in [4.78, 5) is 33.2. The van der Waals surface area contributed by atoms with Crippen LogP contribution in [0.1, 0.15) is 36.8 Å². The molecule has 1 aromatic carbocycles. The van der Waals surface area contributed by atoms with Crippen molar-refractivity contribution >= 4 is 11.8 Å². The highest BCUT2D eigenvalue weighted by atomic mass is 16.2. The Balaban J connectivity index is 1.52. The largest absolute Gasteiger partial charge is 0.341 e. The predicted molar refractivity (Wildman–Crippen MR) is 105 cm³/mol. The van der Waals surface area contributed by atoms with E-state index in [1.54, 1.807) is 12.4 Å². The minimum Gasteiger partial charge on any atom is -0.341 e. The summed E-state index contributed by atoms with van der Waals surface area (Å²) in [6.07, 6.45) is 5.56. The van der Waals surface area contributed by atoms with Gasteiger partial charge in [0.2, 0.25) is 11.8 Å². The van der Waals surface area contributed by atoms with Crippen LogP contribution in [0.15, 0.2) is 54.9 Å². The van der Waals surface area contributed by atoms with E-state index in [2.05, 4.69) is 4.98 Å². The Hall–Kier alpha value is -2.69. The van der Waals surface area contributed by atoms with Gasteiger partial charge in [0.05, 0.1) is 5.92 Å². The maximum absolute atomic E-state index is 12.9. The summed E-state index contributed by atoms with van der Waals surface area (Å²) >= 11 is 0. The van der Waals surface area contributed by atoms with Gasteiger partial charge >= 0.3 is 0 Å². The van der Waals surface area contributed by atoms with Crippen LogP contribution in [-0.4, -0.2) is 52.8 Å². The first kappa shape index (κ1) is 19.1. The second kappa shape index (κ2) is 9.31. The molecular weight excluding hydrogens is 338 g/mol. The van der Waals surface area contributed by atoms with Crippen LogP contribution < -0.4 is 0 Å². The summed E-state index contributed by atoms with van der Waals surface area (Å²) in [6.45, 7) is 4.61. The molecule has 0 bridgehead atoms. The van der Waals surface area contributed by atoms with Crippen molar-refractivity contribution in [3.63, 3.8) is 0 Å². The second-order valence-corrected chi connectivity index (χ2v) is 7.05. The monoisotopic (exact) mass is 365 g/mol. The number of benzene rings is 1. The van der Waals surface area contributed by atoms with Gasteiger partial charge in [0.25, 0.3) is 0 Å². The molecule has 5 nitrogen and oxygen atoms in total. The molecule has 1 fully saturated rings. The third kappa shape index (κ3) is 5.16. The molecule has 2 aromatic rings. The van der Waals surface area contributed by atoms with Crippen molar-refractivity contribution in [2.24, 2.45) is 0 Å². The minimum atomic E-state index is -0.153. The third-order valence-electron chi connectivity index (χ3n) is 5.21. The summed E-state index contributed by atoms with van der Waals surface area (Å²) in [5.74, 6) is 0.157. The quantitative estimate of drug-likeness (QED) is 0.819. The molecule has 0 spiro atoms. The van der Waals surface area contributed by atoms with Crippen molar-refractivity contribution in [2.75, 3.05) is 26.2 Å². The van der Waals surface area contributed by atoms with Crippen LogP contribution >= 0.6 is 0 Å². The first-order chi connectivity index (χ1) is 13.1. The van der Waals surface area contributed by atoms with Gasteiger partial charge in [-0.15, -0.1) is 0 Å². The van der Waals surface area contributed by atoms with Crippen molar-refractivity contribution in [1.82, 2.24) is 14.8 Å². The van der Waals surface area contributed by atoms with Gasteiger partial charge < -0.3 is 9.80 Å². The molecule has 0 aliphatic carbocycles. The van der Waals surface area contributed by atoms with E-state index in [9.17, 15) is 9.59 Å². The summed E-state index contributed by atoms with van der Waals surface area (Å²) in [6, 6.07) is 13.8. The Bertz CT molecular complexity index is 749. The summed E-state index contributed by atoms with van der Waals surface area (Å²) in [5.41, 5.74) is 2.17. The number of rotatable bonds is 5. The van der Waals surface area contributed by atoms with Crippen LogP contribution in [0.2, 0.25) is 0 Å². The average molecular weight is 365 g/mol. The normalized spacial score (nSPS) is 15.9. The van der Waals surface area contributed by atoms with E-state index in [4.69, 9.17) is 0 Å². The van der Waals surface area contributed by atoms with Gasteiger partial charge in [-0.05, 0) is 43.0 Å². The Labute approximate surface area is 161 Å². The zero-order valence-corrected chi connectivity index (χ0v) is 15.9. The van der Waals surface area contributed by atoms with Gasteiger partial charge in [-0.25, -0.2) is 0 Å². The highest BCUT2D eigenvalue weighted by Crippen LogP contribution is 2.19. The third-order valence-corrected chi connectivity index (χ3v) is 5.21. The van der Waals surface area contributed by atoms with Crippen molar-refractivity contribution in [3.05, 3.63) is 66.0 Å². The van der Waals surface area contributed by atoms with Gasteiger partial charge in [0.15, 0.2) is 0 Å². The second-order valence-electron chi connectivity index (χ2n) is 7.05. The summed E-state index contributed by atoms with van der Waals surface area (Å²) in [5, 5.41) is 0. The lowest BCUT2D eigenvalue weighted by atomic mass is 10.00. The molecule has 142 valence electrons. The number of aromatic nitrogens is 1. The van der Waals surface area contributed by atoms with Crippen LogP contribution in [0.4, 0.5) is 0 Å². The molecule has 1 aliphatic rings. The Morgan fingerprint density at radius 3 is 2.37 bits per heavy atom. The maximum atomic E-state index is 12.9. The molecule has 2 heterocycles. The first-order valence-electron chi connectivity index (χ1n) is 9.65. The number of carbonyl (C=O) groups is 2. The van der Waals surface area contributed by atoms with Crippen LogP contribution in [0.25, 0.3) is 0 Å². The minimum absolute atomic E-state index is 0.146. The van der Waals surface area contributed by atoms with Crippen molar-refractivity contribution in [2.45, 2.75) is 32.1 Å². The number of carbonyl (C=O) groups excluding carboxylic acids is 2. The SMILES string of the molecule is CC(C(=O)N1CCCN(C(=O)CCc2ccncc2)CC1)c1ccccc1. The molecule has 1 atom stereocenters. The van der Waals surface area contributed by atoms with E-state index in [1.165, 1.54) is 0 Å². The predicted octanol–water partition coefficient (Wildman–Crippen LogP) is 2.88. The number of amides is 2. The van der Waals surface area contributed by atoms with Crippen molar-refractivity contribution in [3.8, 4) is 0 Å².